The van der Waals surface area contributed by atoms with Gasteiger partial charge >= 0.3 is 5.97 Å². The lowest BCUT2D eigenvalue weighted by molar-refractivity contribution is -0.124. The average molecular weight is 291 g/mol. The summed E-state index contributed by atoms with van der Waals surface area (Å²) in [4.78, 5) is 23.0. The van der Waals surface area contributed by atoms with Crippen LogP contribution in [0.2, 0.25) is 0 Å². The van der Waals surface area contributed by atoms with Crippen LogP contribution < -0.4 is 5.32 Å². The maximum atomic E-state index is 11.9. The molecule has 0 bridgehead atoms. The highest BCUT2D eigenvalue weighted by Crippen LogP contribution is 2.27. The van der Waals surface area contributed by atoms with Crippen LogP contribution in [0.25, 0.3) is 0 Å². The van der Waals surface area contributed by atoms with E-state index in [0.29, 0.717) is 16.1 Å². The molecule has 0 spiro atoms. The number of nitrogens with one attached hydrogen (secondary N) is 1. The molecule has 5 nitrogen and oxygen atoms in total. The minimum absolute atomic E-state index is 0.175. The quantitative estimate of drug-likeness (QED) is 0.807. The molecule has 1 atom stereocenters. The Labute approximate surface area is 119 Å². The second-order valence-electron chi connectivity index (χ2n) is 4.23. The summed E-state index contributed by atoms with van der Waals surface area (Å²) in [5.74, 6) is -1.62. The molecular formula is C14H13NO4S. The molecule has 0 aliphatic carbocycles. The van der Waals surface area contributed by atoms with Crippen LogP contribution in [-0.2, 0) is 4.79 Å². The summed E-state index contributed by atoms with van der Waals surface area (Å²) < 4.78 is 0. The van der Waals surface area contributed by atoms with Gasteiger partial charge in [0.2, 0.25) is 0 Å². The van der Waals surface area contributed by atoms with Crippen molar-refractivity contribution < 1.29 is 19.8 Å². The molecule has 1 unspecified atom stereocenters. The van der Waals surface area contributed by atoms with Crippen molar-refractivity contribution in [2.45, 2.75) is 13.0 Å². The van der Waals surface area contributed by atoms with Crippen molar-refractivity contribution in [1.82, 2.24) is 0 Å². The third kappa shape index (κ3) is 3.04. The highest BCUT2D eigenvalue weighted by Gasteiger charge is 2.19. The lowest BCUT2D eigenvalue weighted by Gasteiger charge is -2.10. The van der Waals surface area contributed by atoms with Crippen LogP contribution in [0.3, 0.4) is 0 Å². The fourth-order valence-corrected chi connectivity index (χ4v) is 2.65. The van der Waals surface area contributed by atoms with Gasteiger partial charge in [0.15, 0.2) is 6.10 Å². The predicted octanol–water partition coefficient (Wildman–Crippen LogP) is 2.43. The lowest BCUT2D eigenvalue weighted by atomic mass is 10.1. The van der Waals surface area contributed by atoms with E-state index in [4.69, 9.17) is 5.11 Å². The molecule has 3 N–H and O–H groups in total. The minimum Gasteiger partial charge on any atom is -0.477 e. The Kier molecular flexibility index (Phi) is 4.16. The summed E-state index contributed by atoms with van der Waals surface area (Å²) in [5, 5.41) is 21.8. The highest BCUT2D eigenvalue weighted by molar-refractivity contribution is 7.18. The van der Waals surface area contributed by atoms with Crippen molar-refractivity contribution in [3.05, 3.63) is 52.4 Å². The van der Waals surface area contributed by atoms with E-state index in [0.717, 1.165) is 11.3 Å². The van der Waals surface area contributed by atoms with Crippen LogP contribution in [0.4, 0.5) is 5.00 Å². The molecule has 20 heavy (non-hydrogen) atoms. The van der Waals surface area contributed by atoms with Gasteiger partial charge in [-0.25, -0.2) is 4.79 Å². The topological polar surface area (TPSA) is 86.6 Å². The fraction of sp³-hybridized carbons (Fsp3) is 0.143. The summed E-state index contributed by atoms with van der Waals surface area (Å²) in [6.07, 6.45) is -1.29. The number of aliphatic hydroxyl groups is 1. The number of hydrogen-bond acceptors (Lipinski definition) is 4. The Hall–Kier alpha value is -2.18. The van der Waals surface area contributed by atoms with E-state index in [1.54, 1.807) is 43.3 Å². The van der Waals surface area contributed by atoms with E-state index in [-0.39, 0.29) is 4.88 Å². The first-order valence-electron chi connectivity index (χ1n) is 5.86. The largest absolute Gasteiger partial charge is 0.477 e. The zero-order chi connectivity index (χ0) is 14.7. The standard InChI is InChI=1S/C14H13NO4S/c1-8-7-10(20-12(8)14(18)19)15-13(17)11(16)9-5-3-2-4-6-9/h2-7,11,16H,1H3,(H,15,17)(H,18,19). The minimum atomic E-state index is -1.29. The van der Waals surface area contributed by atoms with Crippen LogP contribution in [0.5, 0.6) is 0 Å². The molecule has 1 heterocycles. The van der Waals surface area contributed by atoms with Gasteiger partial charge in [0.1, 0.15) is 4.88 Å². The maximum Gasteiger partial charge on any atom is 0.346 e. The molecule has 0 aliphatic rings. The number of carbonyl (C=O) groups excluding carboxylic acids is 1. The number of aliphatic hydroxyl groups excluding tert-OH is 1. The van der Waals surface area contributed by atoms with E-state index >= 15 is 0 Å². The Morgan fingerprint density at radius 2 is 1.90 bits per heavy atom. The SMILES string of the molecule is Cc1cc(NC(=O)C(O)c2ccccc2)sc1C(=O)O. The van der Waals surface area contributed by atoms with Crippen molar-refractivity contribution in [3.63, 3.8) is 0 Å². The van der Waals surface area contributed by atoms with E-state index in [2.05, 4.69) is 5.32 Å². The monoisotopic (exact) mass is 291 g/mol. The zero-order valence-electron chi connectivity index (χ0n) is 10.7. The maximum absolute atomic E-state index is 11.9. The first-order chi connectivity index (χ1) is 9.49. The van der Waals surface area contributed by atoms with Gasteiger partial charge in [-0.15, -0.1) is 11.3 Å². The van der Waals surface area contributed by atoms with E-state index in [9.17, 15) is 14.7 Å². The van der Waals surface area contributed by atoms with Gasteiger partial charge in [-0.2, -0.15) is 0 Å². The molecule has 1 aromatic carbocycles. The van der Waals surface area contributed by atoms with Crippen LogP contribution in [0.1, 0.15) is 26.9 Å². The predicted molar refractivity (Wildman–Crippen MR) is 76.0 cm³/mol. The van der Waals surface area contributed by atoms with Crippen molar-refractivity contribution in [2.24, 2.45) is 0 Å². The summed E-state index contributed by atoms with van der Waals surface area (Å²) >= 11 is 0.966. The van der Waals surface area contributed by atoms with Gasteiger partial charge in [-0.3, -0.25) is 4.79 Å². The van der Waals surface area contributed by atoms with Crippen molar-refractivity contribution in [1.29, 1.82) is 0 Å². The number of anilines is 1. The molecular weight excluding hydrogens is 278 g/mol. The number of carboxylic acid groups (broad SMARTS) is 1. The van der Waals surface area contributed by atoms with E-state index in [1.165, 1.54) is 0 Å². The van der Waals surface area contributed by atoms with Crippen LogP contribution in [0.15, 0.2) is 36.4 Å². The van der Waals surface area contributed by atoms with Gasteiger partial charge in [0.25, 0.3) is 5.91 Å². The number of hydrogen-bond donors (Lipinski definition) is 3. The smallest absolute Gasteiger partial charge is 0.346 e. The number of amides is 1. The first-order valence-corrected chi connectivity index (χ1v) is 6.68. The summed E-state index contributed by atoms with van der Waals surface area (Å²) in [6, 6.07) is 10.1. The van der Waals surface area contributed by atoms with Gasteiger partial charge in [-0.1, -0.05) is 30.3 Å². The van der Waals surface area contributed by atoms with Crippen molar-refractivity contribution >= 4 is 28.2 Å². The number of rotatable bonds is 4. The molecule has 0 fully saturated rings. The molecule has 6 heteroatoms. The fourth-order valence-electron chi connectivity index (χ4n) is 1.73. The Morgan fingerprint density at radius 3 is 2.45 bits per heavy atom. The molecule has 0 saturated carbocycles. The second kappa shape index (κ2) is 5.85. The third-order valence-electron chi connectivity index (χ3n) is 2.72. The molecule has 1 amide bonds. The summed E-state index contributed by atoms with van der Waals surface area (Å²) in [5.41, 5.74) is 1.06. The molecule has 0 saturated heterocycles. The highest BCUT2D eigenvalue weighted by atomic mass is 32.1. The number of benzene rings is 1. The molecule has 0 aliphatic heterocycles. The Bertz CT molecular complexity index is 636. The Balaban J connectivity index is 2.12. The van der Waals surface area contributed by atoms with Crippen molar-refractivity contribution in [2.75, 3.05) is 5.32 Å². The van der Waals surface area contributed by atoms with Gasteiger partial charge in [0, 0.05) is 0 Å². The second-order valence-corrected chi connectivity index (χ2v) is 5.28. The molecule has 0 radical (unpaired) electrons. The normalized spacial score (nSPS) is 11.9. The van der Waals surface area contributed by atoms with Gasteiger partial charge < -0.3 is 15.5 Å². The van der Waals surface area contributed by atoms with E-state index in [1.807, 2.05) is 0 Å². The molecule has 1 aromatic heterocycles. The third-order valence-corrected chi connectivity index (χ3v) is 3.86. The summed E-state index contributed by atoms with van der Waals surface area (Å²) in [7, 11) is 0. The average Bonchev–Trinajstić information content (AvgIpc) is 2.79. The molecule has 2 aromatic rings. The van der Waals surface area contributed by atoms with Crippen LogP contribution in [-0.4, -0.2) is 22.1 Å². The van der Waals surface area contributed by atoms with Gasteiger partial charge in [-0.05, 0) is 24.1 Å². The summed E-state index contributed by atoms with van der Waals surface area (Å²) in [6.45, 7) is 1.66. The number of aryl methyl sites for hydroxylation is 1. The van der Waals surface area contributed by atoms with Gasteiger partial charge in [0.05, 0.1) is 5.00 Å². The number of carbonyl (C=O) groups is 2. The number of thiophene rings is 1. The van der Waals surface area contributed by atoms with Crippen molar-refractivity contribution in [3.8, 4) is 0 Å². The first kappa shape index (κ1) is 14.2. The molecule has 104 valence electrons. The number of carboxylic acids is 1. The Morgan fingerprint density at radius 1 is 1.25 bits per heavy atom. The van der Waals surface area contributed by atoms with Crippen LogP contribution in [0, 0.1) is 6.92 Å². The zero-order valence-corrected chi connectivity index (χ0v) is 11.5. The molecule has 2 rings (SSSR count). The van der Waals surface area contributed by atoms with Crippen LogP contribution >= 0.6 is 11.3 Å². The van der Waals surface area contributed by atoms with E-state index < -0.39 is 18.0 Å². The number of aromatic carboxylic acids is 1. The lowest BCUT2D eigenvalue weighted by Crippen LogP contribution is -2.20.